The van der Waals surface area contributed by atoms with Crippen LogP contribution in [0.4, 0.5) is 0 Å². The molecule has 22 heavy (non-hydrogen) atoms. The lowest BCUT2D eigenvalue weighted by atomic mass is 10.1. The number of ether oxygens (including phenoxy) is 2. The number of morpholine rings is 1. The maximum atomic E-state index is 5.37. The smallest absolute Gasteiger partial charge is 0.135 e. The van der Waals surface area contributed by atoms with Crippen LogP contribution < -0.4 is 4.74 Å². The minimum absolute atomic E-state index is 0.414. The number of rotatable bonds is 8. The molecule has 5 nitrogen and oxygen atoms in total. The van der Waals surface area contributed by atoms with Crippen molar-refractivity contribution in [3.8, 4) is 5.75 Å². The van der Waals surface area contributed by atoms with Gasteiger partial charge < -0.3 is 14.3 Å². The second-order valence-electron chi connectivity index (χ2n) is 5.05. The summed E-state index contributed by atoms with van der Waals surface area (Å²) >= 11 is 0. The molecular formula is C17H24N2O3. The molecule has 120 valence electrons. The number of oxime groups is 1. The lowest BCUT2D eigenvalue weighted by Gasteiger charge is -2.26. The van der Waals surface area contributed by atoms with Crippen LogP contribution in [0.5, 0.6) is 5.75 Å². The van der Waals surface area contributed by atoms with E-state index in [9.17, 15) is 0 Å². The monoisotopic (exact) mass is 304 g/mol. The van der Waals surface area contributed by atoms with Crippen molar-refractivity contribution in [3.05, 3.63) is 42.5 Å². The maximum Gasteiger partial charge on any atom is 0.135 e. The highest BCUT2D eigenvalue weighted by molar-refractivity contribution is 6.00. The van der Waals surface area contributed by atoms with Crippen LogP contribution in [0.25, 0.3) is 0 Å². The van der Waals surface area contributed by atoms with E-state index in [0.717, 1.165) is 56.3 Å². The van der Waals surface area contributed by atoms with E-state index < -0.39 is 0 Å². The van der Waals surface area contributed by atoms with Gasteiger partial charge in [-0.05, 0) is 29.8 Å². The summed E-state index contributed by atoms with van der Waals surface area (Å²) in [5, 5.41) is 4.27. The van der Waals surface area contributed by atoms with E-state index in [1.165, 1.54) is 0 Å². The zero-order chi connectivity index (χ0) is 15.6. The van der Waals surface area contributed by atoms with E-state index in [1.54, 1.807) is 13.2 Å². The molecule has 0 bridgehead atoms. The van der Waals surface area contributed by atoms with Crippen LogP contribution in [0, 0.1) is 0 Å². The van der Waals surface area contributed by atoms with Gasteiger partial charge in [0.05, 0.1) is 26.0 Å². The van der Waals surface area contributed by atoms with Gasteiger partial charge in [0.25, 0.3) is 0 Å². The molecular weight excluding hydrogens is 280 g/mol. The Bertz CT molecular complexity index is 479. The molecule has 0 unspecified atom stereocenters. The molecule has 5 heteroatoms. The third-order valence-electron chi connectivity index (χ3n) is 3.56. The van der Waals surface area contributed by atoms with Crippen molar-refractivity contribution in [2.24, 2.45) is 5.16 Å². The fourth-order valence-corrected chi connectivity index (χ4v) is 2.28. The van der Waals surface area contributed by atoms with Crippen LogP contribution in [0.1, 0.15) is 12.0 Å². The molecule has 1 aromatic carbocycles. The van der Waals surface area contributed by atoms with E-state index in [1.807, 2.05) is 24.3 Å². The highest BCUT2D eigenvalue weighted by Crippen LogP contribution is 2.14. The van der Waals surface area contributed by atoms with Crippen molar-refractivity contribution in [1.82, 2.24) is 4.90 Å². The molecule has 0 spiro atoms. The van der Waals surface area contributed by atoms with Gasteiger partial charge in [0, 0.05) is 26.1 Å². The van der Waals surface area contributed by atoms with Gasteiger partial charge in [-0.3, -0.25) is 4.90 Å². The summed E-state index contributed by atoms with van der Waals surface area (Å²) in [7, 11) is 1.66. The van der Waals surface area contributed by atoms with Crippen LogP contribution in [0.3, 0.4) is 0 Å². The van der Waals surface area contributed by atoms with Gasteiger partial charge >= 0.3 is 0 Å². The van der Waals surface area contributed by atoms with Gasteiger partial charge in [-0.25, -0.2) is 0 Å². The Kier molecular flexibility index (Phi) is 6.93. The summed E-state index contributed by atoms with van der Waals surface area (Å²) in [6.07, 6.45) is 2.53. The third kappa shape index (κ3) is 5.16. The molecule has 0 aromatic heterocycles. The normalized spacial score (nSPS) is 16.3. The summed E-state index contributed by atoms with van der Waals surface area (Å²) in [4.78, 5) is 7.68. The SMILES string of the molecule is C=CCO/N=C(\CCN1CCOCC1)c1ccc(OC)cc1. The van der Waals surface area contributed by atoms with Gasteiger partial charge in [-0.1, -0.05) is 17.8 Å². The second kappa shape index (κ2) is 9.23. The predicted molar refractivity (Wildman–Crippen MR) is 87.6 cm³/mol. The first-order valence-corrected chi connectivity index (χ1v) is 7.57. The summed E-state index contributed by atoms with van der Waals surface area (Å²) in [6.45, 7) is 8.57. The highest BCUT2D eigenvalue weighted by atomic mass is 16.6. The van der Waals surface area contributed by atoms with Gasteiger partial charge in [0.15, 0.2) is 0 Å². The zero-order valence-electron chi connectivity index (χ0n) is 13.2. The first-order valence-electron chi connectivity index (χ1n) is 7.57. The van der Waals surface area contributed by atoms with Crippen LogP contribution in [0.2, 0.25) is 0 Å². The molecule has 0 N–H and O–H groups in total. The maximum absolute atomic E-state index is 5.37. The Labute approximate surface area is 132 Å². The average Bonchev–Trinajstić information content (AvgIpc) is 2.59. The molecule has 0 atom stereocenters. The Balaban J connectivity index is 2.00. The van der Waals surface area contributed by atoms with Crippen molar-refractivity contribution >= 4 is 5.71 Å². The number of methoxy groups -OCH3 is 1. The Morgan fingerprint density at radius 1 is 1.32 bits per heavy atom. The molecule has 1 saturated heterocycles. The topological polar surface area (TPSA) is 43.3 Å². The van der Waals surface area contributed by atoms with E-state index >= 15 is 0 Å². The van der Waals surface area contributed by atoms with Crippen LogP contribution in [0.15, 0.2) is 42.1 Å². The molecule has 1 aliphatic heterocycles. The molecule has 1 aromatic rings. The zero-order valence-corrected chi connectivity index (χ0v) is 13.2. The quantitative estimate of drug-likeness (QED) is 0.320. The molecule has 0 amide bonds. The molecule has 0 aliphatic carbocycles. The first kappa shape index (κ1) is 16.5. The second-order valence-corrected chi connectivity index (χ2v) is 5.05. The van der Waals surface area contributed by atoms with E-state index in [0.29, 0.717) is 6.61 Å². The lowest BCUT2D eigenvalue weighted by molar-refractivity contribution is 0.0391. The standard InChI is InChI=1S/C17H24N2O3/c1-3-12-22-18-17(8-9-19-10-13-21-14-11-19)15-4-6-16(20-2)7-5-15/h3-7H,1,8-14H2,2H3/b18-17+. The van der Waals surface area contributed by atoms with Gasteiger partial charge in [-0.2, -0.15) is 0 Å². The summed E-state index contributed by atoms with van der Waals surface area (Å²) < 4.78 is 10.6. The van der Waals surface area contributed by atoms with Crippen molar-refractivity contribution in [3.63, 3.8) is 0 Å². The van der Waals surface area contributed by atoms with Gasteiger partial charge in [0.1, 0.15) is 12.4 Å². The molecule has 1 fully saturated rings. The molecule has 0 saturated carbocycles. The highest BCUT2D eigenvalue weighted by Gasteiger charge is 2.12. The van der Waals surface area contributed by atoms with Crippen molar-refractivity contribution in [2.75, 3.05) is 46.6 Å². The summed E-state index contributed by atoms with van der Waals surface area (Å²) in [5.41, 5.74) is 1.99. The van der Waals surface area contributed by atoms with Crippen LogP contribution >= 0.6 is 0 Å². The Morgan fingerprint density at radius 3 is 2.68 bits per heavy atom. The van der Waals surface area contributed by atoms with Crippen molar-refractivity contribution < 1.29 is 14.3 Å². The van der Waals surface area contributed by atoms with Crippen LogP contribution in [-0.4, -0.2) is 57.2 Å². The molecule has 2 rings (SSSR count). The Hall–Kier alpha value is -1.85. The first-order chi connectivity index (χ1) is 10.8. The Morgan fingerprint density at radius 2 is 2.05 bits per heavy atom. The van der Waals surface area contributed by atoms with E-state index in [2.05, 4.69) is 16.6 Å². The minimum Gasteiger partial charge on any atom is -0.497 e. The van der Waals surface area contributed by atoms with E-state index in [4.69, 9.17) is 14.3 Å². The molecule has 1 heterocycles. The average molecular weight is 304 g/mol. The fourth-order valence-electron chi connectivity index (χ4n) is 2.28. The van der Waals surface area contributed by atoms with Crippen molar-refractivity contribution in [1.29, 1.82) is 0 Å². The largest absolute Gasteiger partial charge is 0.497 e. The van der Waals surface area contributed by atoms with Gasteiger partial charge in [-0.15, -0.1) is 0 Å². The number of benzene rings is 1. The third-order valence-corrected chi connectivity index (χ3v) is 3.56. The predicted octanol–water partition coefficient (Wildman–Crippen LogP) is 2.32. The fraction of sp³-hybridized carbons (Fsp3) is 0.471. The number of hydrogen-bond donors (Lipinski definition) is 0. The number of hydrogen-bond acceptors (Lipinski definition) is 5. The molecule has 0 radical (unpaired) electrons. The lowest BCUT2D eigenvalue weighted by Crippen LogP contribution is -2.37. The summed E-state index contributed by atoms with van der Waals surface area (Å²) in [5.74, 6) is 0.836. The van der Waals surface area contributed by atoms with Gasteiger partial charge in [0.2, 0.25) is 0 Å². The minimum atomic E-state index is 0.414. The summed E-state index contributed by atoms with van der Waals surface area (Å²) in [6, 6.07) is 7.89. The van der Waals surface area contributed by atoms with Crippen molar-refractivity contribution in [2.45, 2.75) is 6.42 Å². The number of nitrogens with zero attached hydrogens (tertiary/aromatic N) is 2. The van der Waals surface area contributed by atoms with Crippen LogP contribution in [-0.2, 0) is 9.57 Å². The van der Waals surface area contributed by atoms with E-state index in [-0.39, 0.29) is 0 Å². The molecule has 1 aliphatic rings.